The molecular weight excluding hydrogens is 318 g/mol. The highest BCUT2D eigenvalue weighted by Crippen LogP contribution is 2.35. The Morgan fingerprint density at radius 1 is 1.30 bits per heavy atom. The molecule has 2 N–H and O–H groups in total. The molecule has 0 aliphatic rings. The molecule has 0 saturated carbocycles. The van der Waals surface area contributed by atoms with Crippen LogP contribution in [0.15, 0.2) is 41.0 Å². The fourth-order valence-corrected chi connectivity index (χ4v) is 2.67. The van der Waals surface area contributed by atoms with E-state index in [0.717, 1.165) is 32.7 Å². The minimum Gasteiger partial charge on any atom is -0.497 e. The Labute approximate surface area is 125 Å². The van der Waals surface area contributed by atoms with Crippen molar-refractivity contribution >= 4 is 27.4 Å². The maximum atomic E-state index is 6.24. The number of halogens is 1. The van der Waals surface area contributed by atoms with Gasteiger partial charge < -0.3 is 10.5 Å². The Morgan fingerprint density at radius 3 is 2.80 bits per heavy atom. The third kappa shape index (κ3) is 1.94. The molecule has 0 spiro atoms. The lowest BCUT2D eigenvalue weighted by atomic mass is 10.1. The van der Waals surface area contributed by atoms with Crippen LogP contribution in [-0.2, 0) is 0 Å². The van der Waals surface area contributed by atoms with Crippen molar-refractivity contribution in [3.8, 4) is 17.0 Å². The lowest BCUT2D eigenvalue weighted by Crippen LogP contribution is -1.95. The van der Waals surface area contributed by atoms with E-state index in [2.05, 4.69) is 20.9 Å². The van der Waals surface area contributed by atoms with Crippen molar-refractivity contribution in [2.45, 2.75) is 6.92 Å². The number of hydrogen-bond donors (Lipinski definition) is 1. The molecule has 3 aromatic rings. The summed E-state index contributed by atoms with van der Waals surface area (Å²) in [5, 5.41) is 0. The van der Waals surface area contributed by atoms with Gasteiger partial charge >= 0.3 is 0 Å². The first kappa shape index (κ1) is 13.0. The van der Waals surface area contributed by atoms with Gasteiger partial charge in [-0.25, -0.2) is 4.98 Å². The maximum absolute atomic E-state index is 6.24. The Bertz CT molecular complexity index is 795. The molecule has 0 bridgehead atoms. The highest BCUT2D eigenvalue weighted by Gasteiger charge is 2.15. The normalized spacial score (nSPS) is 10.9. The van der Waals surface area contributed by atoms with E-state index in [1.54, 1.807) is 7.11 Å². The number of rotatable bonds is 2. The molecule has 2 aromatic heterocycles. The number of methoxy groups -OCH3 is 1. The van der Waals surface area contributed by atoms with Crippen molar-refractivity contribution in [2.75, 3.05) is 12.8 Å². The van der Waals surface area contributed by atoms with Crippen LogP contribution in [0, 0.1) is 6.92 Å². The Balaban J connectivity index is 2.30. The minimum absolute atomic E-state index is 0.623. The second-order valence-corrected chi connectivity index (χ2v) is 5.43. The zero-order chi connectivity index (χ0) is 14.3. The average Bonchev–Trinajstić information content (AvgIpc) is 2.79. The molecule has 2 heterocycles. The average molecular weight is 332 g/mol. The quantitative estimate of drug-likeness (QED) is 0.779. The summed E-state index contributed by atoms with van der Waals surface area (Å²) < 4.78 is 8.11. The Kier molecular flexibility index (Phi) is 3.14. The van der Waals surface area contributed by atoms with E-state index in [1.807, 2.05) is 47.9 Å². The summed E-state index contributed by atoms with van der Waals surface area (Å²) in [6.07, 6.45) is 1.92. The number of hydrogen-bond acceptors (Lipinski definition) is 3. The molecule has 0 saturated heterocycles. The van der Waals surface area contributed by atoms with Gasteiger partial charge in [-0.3, -0.25) is 4.40 Å². The molecular formula is C15H14BrN3O. The third-order valence-corrected chi connectivity index (χ3v) is 4.00. The number of benzene rings is 1. The zero-order valence-electron chi connectivity index (χ0n) is 11.2. The molecule has 0 fully saturated rings. The van der Waals surface area contributed by atoms with E-state index in [1.165, 1.54) is 0 Å². The van der Waals surface area contributed by atoms with Crippen LogP contribution in [0.5, 0.6) is 5.75 Å². The highest BCUT2D eigenvalue weighted by molar-refractivity contribution is 9.10. The van der Waals surface area contributed by atoms with Gasteiger partial charge in [0.15, 0.2) is 0 Å². The molecule has 20 heavy (non-hydrogen) atoms. The number of nitrogens with zero attached hydrogens (tertiary/aromatic N) is 2. The number of nitrogen functional groups attached to an aromatic ring is 1. The second-order valence-electron chi connectivity index (χ2n) is 4.58. The van der Waals surface area contributed by atoms with Crippen molar-refractivity contribution in [1.82, 2.24) is 9.38 Å². The number of fused-ring (bicyclic) bond motifs is 1. The summed E-state index contributed by atoms with van der Waals surface area (Å²) in [6.45, 7) is 2.02. The van der Waals surface area contributed by atoms with Gasteiger partial charge in [0.1, 0.15) is 22.9 Å². The van der Waals surface area contributed by atoms with E-state index in [4.69, 9.17) is 10.5 Å². The maximum Gasteiger partial charge on any atom is 0.142 e. The van der Waals surface area contributed by atoms with Crippen LogP contribution in [0.4, 0.5) is 5.82 Å². The topological polar surface area (TPSA) is 52.5 Å². The van der Waals surface area contributed by atoms with Gasteiger partial charge in [-0.2, -0.15) is 0 Å². The fraction of sp³-hybridized carbons (Fsp3) is 0.133. The van der Waals surface area contributed by atoms with E-state index < -0.39 is 0 Å². The summed E-state index contributed by atoms with van der Waals surface area (Å²) >= 11 is 3.55. The molecule has 1 aromatic carbocycles. The highest BCUT2D eigenvalue weighted by atomic mass is 79.9. The molecule has 0 aliphatic carbocycles. The summed E-state index contributed by atoms with van der Waals surface area (Å²) in [7, 11) is 1.64. The lowest BCUT2D eigenvalue weighted by Gasteiger charge is -2.06. The lowest BCUT2D eigenvalue weighted by molar-refractivity contribution is 0.415. The van der Waals surface area contributed by atoms with Crippen LogP contribution in [0.1, 0.15) is 5.56 Å². The van der Waals surface area contributed by atoms with Gasteiger partial charge in [0.05, 0.1) is 7.11 Å². The van der Waals surface area contributed by atoms with E-state index >= 15 is 0 Å². The molecule has 0 radical (unpaired) electrons. The summed E-state index contributed by atoms with van der Waals surface area (Å²) in [5.41, 5.74) is 9.87. The predicted molar refractivity (Wildman–Crippen MR) is 84.0 cm³/mol. The summed E-state index contributed by atoms with van der Waals surface area (Å²) in [4.78, 5) is 4.67. The van der Waals surface area contributed by atoms with Gasteiger partial charge in [0.2, 0.25) is 0 Å². The van der Waals surface area contributed by atoms with Gasteiger partial charge in [-0.15, -0.1) is 0 Å². The molecule has 0 amide bonds. The summed E-state index contributed by atoms with van der Waals surface area (Å²) in [5.74, 6) is 1.40. The van der Waals surface area contributed by atoms with E-state index in [-0.39, 0.29) is 0 Å². The van der Waals surface area contributed by atoms with Crippen LogP contribution in [-0.4, -0.2) is 16.5 Å². The third-order valence-electron chi connectivity index (χ3n) is 3.31. The van der Waals surface area contributed by atoms with Gasteiger partial charge in [-0.1, -0.05) is 22.0 Å². The van der Waals surface area contributed by atoms with Crippen LogP contribution in [0.2, 0.25) is 0 Å². The monoisotopic (exact) mass is 331 g/mol. The molecule has 3 rings (SSSR count). The number of ether oxygens (including phenoxy) is 1. The first-order valence-electron chi connectivity index (χ1n) is 6.19. The predicted octanol–water partition coefficient (Wildman–Crippen LogP) is 3.66. The number of aryl methyl sites for hydroxylation is 1. The Hall–Kier alpha value is -2.01. The van der Waals surface area contributed by atoms with Crippen molar-refractivity contribution in [3.05, 3.63) is 46.6 Å². The van der Waals surface area contributed by atoms with E-state index in [0.29, 0.717) is 5.82 Å². The largest absolute Gasteiger partial charge is 0.497 e. The molecule has 0 atom stereocenters. The van der Waals surface area contributed by atoms with Gasteiger partial charge in [0, 0.05) is 16.2 Å². The van der Waals surface area contributed by atoms with Crippen molar-refractivity contribution in [1.29, 1.82) is 0 Å². The number of pyridine rings is 1. The molecule has 0 aliphatic heterocycles. The first-order chi connectivity index (χ1) is 9.61. The smallest absolute Gasteiger partial charge is 0.142 e. The number of nitrogens with two attached hydrogens (primary N) is 1. The van der Waals surface area contributed by atoms with Crippen molar-refractivity contribution in [3.63, 3.8) is 0 Å². The van der Waals surface area contributed by atoms with Gasteiger partial charge in [0.25, 0.3) is 0 Å². The van der Waals surface area contributed by atoms with Crippen molar-refractivity contribution < 1.29 is 4.74 Å². The second kappa shape index (κ2) is 4.83. The number of anilines is 1. The first-order valence-corrected chi connectivity index (χ1v) is 6.98. The summed E-state index contributed by atoms with van der Waals surface area (Å²) in [6, 6.07) is 9.74. The molecule has 4 nitrogen and oxygen atoms in total. The fourth-order valence-electron chi connectivity index (χ4n) is 2.23. The molecule has 102 valence electrons. The van der Waals surface area contributed by atoms with Crippen LogP contribution in [0.25, 0.3) is 16.9 Å². The van der Waals surface area contributed by atoms with Crippen LogP contribution >= 0.6 is 15.9 Å². The zero-order valence-corrected chi connectivity index (χ0v) is 12.8. The van der Waals surface area contributed by atoms with Crippen LogP contribution < -0.4 is 10.5 Å². The van der Waals surface area contributed by atoms with E-state index in [9.17, 15) is 0 Å². The van der Waals surface area contributed by atoms with Crippen LogP contribution in [0.3, 0.4) is 0 Å². The molecule has 0 unspecified atom stereocenters. The Morgan fingerprint density at radius 2 is 2.10 bits per heavy atom. The standard InChI is InChI=1S/C15H14BrN3O/c1-9-4-3-7-19-14(17)13(18-15(9)19)11-8-10(20-2)5-6-12(11)16/h3-8H,17H2,1-2H3. The SMILES string of the molecule is COc1ccc(Br)c(-c2nc3c(C)cccn3c2N)c1. The number of imidazole rings is 1. The molecule has 5 heteroatoms. The number of aromatic nitrogens is 2. The van der Waals surface area contributed by atoms with Gasteiger partial charge in [-0.05, 0) is 36.8 Å². The van der Waals surface area contributed by atoms with Crippen molar-refractivity contribution in [2.24, 2.45) is 0 Å². The minimum atomic E-state index is 0.623.